The van der Waals surface area contributed by atoms with Gasteiger partial charge in [0, 0.05) is 8.07 Å². The Bertz CT molecular complexity index is 845. The smallest absolute Gasteiger partial charge is 0.215 e. The molecule has 1 unspecified atom stereocenters. The molecule has 3 rings (SSSR count). The minimum atomic E-state index is -3.29. The van der Waals surface area contributed by atoms with E-state index < -0.39 is 18.1 Å². The average molecular weight is 390 g/mol. The zero-order valence-electron chi connectivity index (χ0n) is 15.8. The maximum Gasteiger partial charge on any atom is 0.215 e. The third-order valence-electron chi connectivity index (χ3n) is 4.79. The molecule has 26 heavy (non-hydrogen) atoms. The van der Waals surface area contributed by atoms with Crippen molar-refractivity contribution in [1.29, 1.82) is 0 Å². The fourth-order valence-electron chi connectivity index (χ4n) is 3.21. The standard InChI is InChI=1S/C20H27NO3SSi/c1-24-18-12-10-17(11-13-18)20-19(16-8-6-5-7-9-16)21(20)25(22,23)14-15-26(2,3)4/h5-13,19-20H,14-15H2,1-4H3/t19-,20+,21?/m1/s1. The molecular formula is C20H27NO3SSi. The second-order valence-electron chi connectivity index (χ2n) is 8.03. The van der Waals surface area contributed by atoms with Crippen LogP contribution in [0, 0.1) is 0 Å². The lowest BCUT2D eigenvalue weighted by atomic mass is 10.0. The van der Waals surface area contributed by atoms with E-state index in [0.717, 1.165) is 22.9 Å². The van der Waals surface area contributed by atoms with Crippen molar-refractivity contribution < 1.29 is 13.2 Å². The lowest BCUT2D eigenvalue weighted by Crippen LogP contribution is -2.27. The van der Waals surface area contributed by atoms with Crippen molar-refractivity contribution in [2.24, 2.45) is 0 Å². The van der Waals surface area contributed by atoms with Gasteiger partial charge in [-0.25, -0.2) is 8.42 Å². The highest BCUT2D eigenvalue weighted by atomic mass is 32.2. The van der Waals surface area contributed by atoms with Crippen molar-refractivity contribution >= 4 is 18.1 Å². The molecule has 0 radical (unpaired) electrons. The maximum absolute atomic E-state index is 13.1. The molecule has 3 atom stereocenters. The molecule has 0 bridgehead atoms. The zero-order valence-corrected chi connectivity index (χ0v) is 17.7. The molecule has 1 saturated heterocycles. The summed E-state index contributed by atoms with van der Waals surface area (Å²) in [5.74, 6) is 1.01. The summed E-state index contributed by atoms with van der Waals surface area (Å²) in [5, 5.41) is 0. The number of benzene rings is 2. The number of sulfonamides is 1. The molecule has 140 valence electrons. The average Bonchev–Trinajstić information content (AvgIpc) is 3.37. The van der Waals surface area contributed by atoms with Gasteiger partial charge in [-0.05, 0) is 29.3 Å². The number of methoxy groups -OCH3 is 1. The van der Waals surface area contributed by atoms with Crippen LogP contribution in [-0.2, 0) is 10.0 Å². The predicted molar refractivity (Wildman–Crippen MR) is 109 cm³/mol. The summed E-state index contributed by atoms with van der Waals surface area (Å²) in [6, 6.07) is 18.2. The van der Waals surface area contributed by atoms with Gasteiger partial charge in [0.1, 0.15) is 5.75 Å². The summed E-state index contributed by atoms with van der Waals surface area (Å²) in [6.07, 6.45) is 0. The molecule has 0 amide bonds. The summed E-state index contributed by atoms with van der Waals surface area (Å²) in [4.78, 5) is 0. The quantitative estimate of drug-likeness (QED) is 0.519. The molecule has 1 heterocycles. The van der Waals surface area contributed by atoms with Crippen LogP contribution in [0.3, 0.4) is 0 Å². The van der Waals surface area contributed by atoms with Gasteiger partial charge >= 0.3 is 0 Å². The number of nitrogens with zero attached hydrogens (tertiary/aromatic N) is 1. The van der Waals surface area contributed by atoms with Crippen molar-refractivity contribution in [2.75, 3.05) is 12.9 Å². The topological polar surface area (TPSA) is 46.4 Å². The van der Waals surface area contributed by atoms with Crippen LogP contribution in [0.25, 0.3) is 0 Å². The monoisotopic (exact) mass is 389 g/mol. The first-order valence-electron chi connectivity index (χ1n) is 8.93. The van der Waals surface area contributed by atoms with E-state index in [2.05, 4.69) is 19.6 Å². The Morgan fingerprint density at radius 3 is 1.96 bits per heavy atom. The first-order chi connectivity index (χ1) is 12.2. The highest BCUT2D eigenvalue weighted by molar-refractivity contribution is 7.89. The Morgan fingerprint density at radius 1 is 0.923 bits per heavy atom. The molecule has 0 aromatic heterocycles. The summed E-state index contributed by atoms with van der Waals surface area (Å²) in [6.45, 7) is 6.63. The van der Waals surface area contributed by atoms with Crippen molar-refractivity contribution in [3.8, 4) is 5.75 Å². The summed E-state index contributed by atoms with van der Waals surface area (Å²) < 4.78 is 33.0. The van der Waals surface area contributed by atoms with Crippen LogP contribution in [-0.4, -0.2) is 33.7 Å². The van der Waals surface area contributed by atoms with E-state index in [0.29, 0.717) is 0 Å². The van der Waals surface area contributed by atoms with Gasteiger partial charge in [0.05, 0.1) is 24.9 Å². The molecule has 1 aliphatic rings. The van der Waals surface area contributed by atoms with E-state index in [-0.39, 0.29) is 17.8 Å². The van der Waals surface area contributed by atoms with E-state index in [4.69, 9.17) is 4.74 Å². The lowest BCUT2D eigenvalue weighted by Gasteiger charge is -2.16. The van der Waals surface area contributed by atoms with Gasteiger partial charge in [0.2, 0.25) is 10.0 Å². The van der Waals surface area contributed by atoms with Crippen molar-refractivity contribution in [3.05, 3.63) is 65.7 Å². The molecule has 2 aromatic carbocycles. The fourth-order valence-corrected chi connectivity index (χ4v) is 8.01. The first-order valence-corrected chi connectivity index (χ1v) is 14.2. The van der Waals surface area contributed by atoms with Crippen LogP contribution in [0.1, 0.15) is 23.2 Å². The Labute approximate surface area is 157 Å². The minimum Gasteiger partial charge on any atom is -0.497 e. The second-order valence-corrected chi connectivity index (χ2v) is 15.6. The largest absolute Gasteiger partial charge is 0.497 e. The van der Waals surface area contributed by atoms with E-state index >= 15 is 0 Å². The molecule has 1 aliphatic heterocycles. The third-order valence-corrected chi connectivity index (χ3v) is 8.72. The molecule has 6 heteroatoms. The van der Waals surface area contributed by atoms with Gasteiger partial charge in [-0.15, -0.1) is 0 Å². The van der Waals surface area contributed by atoms with Gasteiger partial charge in [0.15, 0.2) is 0 Å². The molecule has 0 N–H and O–H groups in total. The first kappa shape index (κ1) is 19.1. The summed E-state index contributed by atoms with van der Waals surface area (Å²) >= 11 is 0. The Hall–Kier alpha value is -1.63. The second kappa shape index (κ2) is 7.17. The van der Waals surface area contributed by atoms with E-state index in [1.165, 1.54) is 0 Å². The number of hydrogen-bond acceptors (Lipinski definition) is 3. The SMILES string of the molecule is COc1ccc([C@H]2[C@@H](c3ccccc3)N2S(=O)(=O)CC[Si](C)(C)C)cc1. The molecule has 1 fully saturated rings. The molecule has 0 spiro atoms. The van der Waals surface area contributed by atoms with Gasteiger partial charge in [0.25, 0.3) is 0 Å². The lowest BCUT2D eigenvalue weighted by molar-refractivity contribution is 0.414. The van der Waals surface area contributed by atoms with Crippen molar-refractivity contribution in [2.45, 2.75) is 37.8 Å². The molecule has 0 aliphatic carbocycles. The van der Waals surface area contributed by atoms with Gasteiger partial charge in [-0.1, -0.05) is 62.1 Å². The molecule has 2 aromatic rings. The van der Waals surface area contributed by atoms with Crippen LogP contribution in [0.5, 0.6) is 5.75 Å². The number of hydrogen-bond donors (Lipinski definition) is 0. The van der Waals surface area contributed by atoms with Crippen LogP contribution in [0.15, 0.2) is 54.6 Å². The van der Waals surface area contributed by atoms with Crippen LogP contribution in [0.4, 0.5) is 0 Å². The fraction of sp³-hybridized carbons (Fsp3) is 0.400. The van der Waals surface area contributed by atoms with Crippen LogP contribution < -0.4 is 4.74 Å². The van der Waals surface area contributed by atoms with Gasteiger partial charge < -0.3 is 4.74 Å². The van der Waals surface area contributed by atoms with E-state index in [1.807, 2.05) is 54.6 Å². The van der Waals surface area contributed by atoms with Crippen LogP contribution in [0.2, 0.25) is 25.7 Å². The number of rotatable bonds is 7. The van der Waals surface area contributed by atoms with Gasteiger partial charge in [-0.3, -0.25) is 0 Å². The zero-order chi connectivity index (χ0) is 18.9. The Kier molecular flexibility index (Phi) is 5.28. The summed E-state index contributed by atoms with van der Waals surface area (Å²) in [7, 11) is -3.09. The van der Waals surface area contributed by atoms with E-state index in [9.17, 15) is 8.42 Å². The van der Waals surface area contributed by atoms with Gasteiger partial charge in [-0.2, -0.15) is 4.31 Å². The van der Waals surface area contributed by atoms with E-state index in [1.54, 1.807) is 11.4 Å². The molecule has 0 saturated carbocycles. The van der Waals surface area contributed by atoms with Crippen molar-refractivity contribution in [3.63, 3.8) is 0 Å². The predicted octanol–water partition coefficient (Wildman–Crippen LogP) is 4.46. The third kappa shape index (κ3) is 4.19. The normalized spacial score (nSPS) is 22.8. The van der Waals surface area contributed by atoms with Crippen molar-refractivity contribution in [1.82, 2.24) is 4.31 Å². The Morgan fingerprint density at radius 2 is 1.46 bits per heavy atom. The molecule has 4 nitrogen and oxygen atoms in total. The number of ether oxygens (including phenoxy) is 1. The van der Waals surface area contributed by atoms with Crippen LogP contribution >= 0.6 is 0 Å². The highest BCUT2D eigenvalue weighted by Gasteiger charge is 2.56. The maximum atomic E-state index is 13.1. The minimum absolute atomic E-state index is 0.115. The highest BCUT2D eigenvalue weighted by Crippen LogP contribution is 2.56. The summed E-state index contributed by atoms with van der Waals surface area (Å²) in [5.41, 5.74) is 2.06. The Balaban J connectivity index is 1.90. The molecular weight excluding hydrogens is 362 g/mol.